The number of aromatic nitrogens is 1. The van der Waals surface area contributed by atoms with Crippen molar-refractivity contribution in [2.75, 3.05) is 7.11 Å². The standard InChI is InChI=1S/C17H22N2O3S/c1-10(2)12-6-7-13-14(8-12)23-17(18-16(21)11(3)4)19(13)9-15(20)22-5/h6-8,10-11H,9H2,1-5H3. The maximum Gasteiger partial charge on any atom is 0.325 e. The summed E-state index contributed by atoms with van der Waals surface area (Å²) < 4.78 is 7.52. The van der Waals surface area contributed by atoms with Crippen LogP contribution in [0.25, 0.3) is 10.2 Å². The van der Waals surface area contributed by atoms with Crippen LogP contribution < -0.4 is 4.80 Å². The molecule has 1 heterocycles. The molecular weight excluding hydrogens is 312 g/mol. The van der Waals surface area contributed by atoms with E-state index in [4.69, 9.17) is 4.74 Å². The number of methoxy groups -OCH3 is 1. The summed E-state index contributed by atoms with van der Waals surface area (Å²) in [6.45, 7) is 7.92. The van der Waals surface area contributed by atoms with Gasteiger partial charge in [0.2, 0.25) is 0 Å². The highest BCUT2D eigenvalue weighted by Crippen LogP contribution is 2.23. The van der Waals surface area contributed by atoms with Crippen molar-refractivity contribution in [2.45, 2.75) is 40.2 Å². The van der Waals surface area contributed by atoms with Crippen LogP contribution in [0.2, 0.25) is 0 Å². The highest BCUT2D eigenvalue weighted by atomic mass is 32.1. The first-order valence-electron chi connectivity index (χ1n) is 7.62. The minimum atomic E-state index is -0.365. The zero-order chi connectivity index (χ0) is 17.1. The number of ether oxygens (including phenoxy) is 1. The van der Waals surface area contributed by atoms with Gasteiger partial charge >= 0.3 is 5.97 Å². The molecule has 0 aliphatic carbocycles. The lowest BCUT2D eigenvalue weighted by Gasteiger charge is -2.06. The van der Waals surface area contributed by atoms with Crippen LogP contribution >= 0.6 is 11.3 Å². The van der Waals surface area contributed by atoms with Crippen molar-refractivity contribution in [1.82, 2.24) is 4.57 Å². The number of fused-ring (bicyclic) bond motifs is 1. The third kappa shape index (κ3) is 3.88. The summed E-state index contributed by atoms with van der Waals surface area (Å²) >= 11 is 1.42. The molecule has 0 fully saturated rings. The van der Waals surface area contributed by atoms with Gasteiger partial charge in [-0.1, -0.05) is 45.1 Å². The largest absolute Gasteiger partial charge is 0.468 e. The van der Waals surface area contributed by atoms with Crippen molar-refractivity contribution < 1.29 is 14.3 Å². The lowest BCUT2D eigenvalue weighted by atomic mass is 10.0. The van der Waals surface area contributed by atoms with Gasteiger partial charge in [0.15, 0.2) is 4.80 Å². The van der Waals surface area contributed by atoms with E-state index in [1.165, 1.54) is 24.0 Å². The second-order valence-corrected chi connectivity index (χ2v) is 7.04. The van der Waals surface area contributed by atoms with Gasteiger partial charge in [0.25, 0.3) is 5.91 Å². The van der Waals surface area contributed by atoms with E-state index < -0.39 is 0 Å². The fourth-order valence-electron chi connectivity index (χ4n) is 2.10. The maximum atomic E-state index is 12.0. The molecule has 0 saturated carbocycles. The van der Waals surface area contributed by atoms with Gasteiger partial charge in [-0.2, -0.15) is 4.99 Å². The molecule has 0 saturated heterocycles. The minimum absolute atomic E-state index is 0.0434. The van der Waals surface area contributed by atoms with Gasteiger partial charge in [-0.3, -0.25) is 9.59 Å². The van der Waals surface area contributed by atoms with Gasteiger partial charge in [-0.15, -0.1) is 0 Å². The summed E-state index contributed by atoms with van der Waals surface area (Å²) in [5, 5.41) is 0. The Bertz CT molecular complexity index is 800. The van der Waals surface area contributed by atoms with Gasteiger partial charge in [0.05, 0.1) is 17.3 Å². The Morgan fingerprint density at radius 3 is 2.52 bits per heavy atom. The van der Waals surface area contributed by atoms with E-state index in [0.29, 0.717) is 10.7 Å². The number of hydrogen-bond acceptors (Lipinski definition) is 4. The topological polar surface area (TPSA) is 60.7 Å². The van der Waals surface area contributed by atoms with Crippen LogP contribution in [0.15, 0.2) is 23.2 Å². The lowest BCUT2D eigenvalue weighted by molar-refractivity contribution is -0.141. The number of esters is 1. The molecule has 1 amide bonds. The van der Waals surface area contributed by atoms with E-state index >= 15 is 0 Å². The van der Waals surface area contributed by atoms with Crippen molar-refractivity contribution in [1.29, 1.82) is 0 Å². The molecule has 0 aliphatic heterocycles. The fourth-order valence-corrected chi connectivity index (χ4v) is 3.19. The molecule has 1 aromatic heterocycles. The second-order valence-electron chi connectivity index (χ2n) is 6.03. The van der Waals surface area contributed by atoms with E-state index in [1.54, 1.807) is 18.4 Å². The summed E-state index contributed by atoms with van der Waals surface area (Å²) in [7, 11) is 1.35. The molecule has 5 nitrogen and oxygen atoms in total. The number of rotatable bonds is 4. The molecule has 0 spiro atoms. The van der Waals surface area contributed by atoms with Crippen molar-refractivity contribution in [3.63, 3.8) is 0 Å². The van der Waals surface area contributed by atoms with Gasteiger partial charge in [0.1, 0.15) is 6.54 Å². The van der Waals surface area contributed by atoms with Crippen LogP contribution in [0, 0.1) is 5.92 Å². The third-order valence-corrected chi connectivity index (χ3v) is 4.63. The number of benzene rings is 1. The molecule has 0 aliphatic rings. The smallest absolute Gasteiger partial charge is 0.325 e. The SMILES string of the molecule is COC(=O)Cn1c(=NC(=O)C(C)C)sc2cc(C(C)C)ccc21. The third-order valence-electron chi connectivity index (χ3n) is 3.59. The van der Waals surface area contributed by atoms with Crippen molar-refractivity contribution in [2.24, 2.45) is 10.9 Å². The molecule has 0 bridgehead atoms. The van der Waals surface area contributed by atoms with Crippen molar-refractivity contribution in [3.05, 3.63) is 28.6 Å². The maximum absolute atomic E-state index is 12.0. The molecule has 2 rings (SSSR count). The Morgan fingerprint density at radius 2 is 1.96 bits per heavy atom. The van der Waals surface area contributed by atoms with Crippen LogP contribution in [0.5, 0.6) is 0 Å². The molecule has 124 valence electrons. The van der Waals surface area contributed by atoms with Gasteiger partial charge in [0, 0.05) is 5.92 Å². The van der Waals surface area contributed by atoms with E-state index in [9.17, 15) is 9.59 Å². The van der Waals surface area contributed by atoms with Crippen LogP contribution in [0.4, 0.5) is 0 Å². The predicted molar refractivity (Wildman–Crippen MR) is 91.3 cm³/mol. The van der Waals surface area contributed by atoms with Gasteiger partial charge < -0.3 is 9.30 Å². The Hall–Kier alpha value is -1.95. The number of nitrogens with zero attached hydrogens (tertiary/aromatic N) is 2. The quantitative estimate of drug-likeness (QED) is 0.807. The summed E-state index contributed by atoms with van der Waals surface area (Å²) in [6, 6.07) is 6.11. The Kier molecular flexibility index (Phi) is 5.36. The summed E-state index contributed by atoms with van der Waals surface area (Å²) in [4.78, 5) is 28.4. The lowest BCUT2D eigenvalue weighted by Crippen LogP contribution is -2.23. The zero-order valence-corrected chi connectivity index (χ0v) is 14.9. The Morgan fingerprint density at radius 1 is 1.26 bits per heavy atom. The number of carbonyl (C=O) groups excluding carboxylic acids is 2. The molecule has 1 aromatic carbocycles. The normalized spacial score (nSPS) is 12.4. The summed E-state index contributed by atoms with van der Waals surface area (Å²) in [5.74, 6) is -0.332. The highest BCUT2D eigenvalue weighted by Gasteiger charge is 2.14. The average Bonchev–Trinajstić information content (AvgIpc) is 2.83. The van der Waals surface area contributed by atoms with E-state index in [2.05, 4.69) is 24.9 Å². The second kappa shape index (κ2) is 7.08. The molecule has 0 atom stereocenters. The minimum Gasteiger partial charge on any atom is -0.468 e. The molecule has 0 radical (unpaired) electrons. The first-order chi connectivity index (χ1) is 10.8. The van der Waals surface area contributed by atoms with E-state index in [1.807, 2.05) is 12.1 Å². The van der Waals surface area contributed by atoms with Crippen molar-refractivity contribution >= 4 is 33.4 Å². The number of amides is 1. The molecule has 2 aromatic rings. The average molecular weight is 334 g/mol. The Balaban J connectivity index is 2.65. The van der Waals surface area contributed by atoms with Crippen LogP contribution in [-0.2, 0) is 20.9 Å². The zero-order valence-electron chi connectivity index (χ0n) is 14.1. The number of carbonyl (C=O) groups is 2. The fraction of sp³-hybridized carbons (Fsp3) is 0.471. The molecule has 0 unspecified atom stereocenters. The van der Waals surface area contributed by atoms with Crippen LogP contribution in [0.3, 0.4) is 0 Å². The van der Waals surface area contributed by atoms with E-state index in [-0.39, 0.29) is 24.3 Å². The first-order valence-corrected chi connectivity index (χ1v) is 8.43. The monoisotopic (exact) mass is 334 g/mol. The predicted octanol–water partition coefficient (Wildman–Crippen LogP) is 3.08. The molecule has 23 heavy (non-hydrogen) atoms. The molecule has 6 heteroatoms. The van der Waals surface area contributed by atoms with Crippen LogP contribution in [0.1, 0.15) is 39.2 Å². The first kappa shape index (κ1) is 17.4. The number of thiazole rings is 1. The summed E-state index contributed by atoms with van der Waals surface area (Å²) in [6.07, 6.45) is 0. The highest BCUT2D eigenvalue weighted by molar-refractivity contribution is 7.16. The number of hydrogen-bond donors (Lipinski definition) is 0. The van der Waals surface area contributed by atoms with Crippen LogP contribution in [-0.4, -0.2) is 23.6 Å². The Labute approximate surface area is 139 Å². The van der Waals surface area contributed by atoms with Gasteiger partial charge in [-0.05, 0) is 23.6 Å². The van der Waals surface area contributed by atoms with E-state index in [0.717, 1.165) is 10.2 Å². The van der Waals surface area contributed by atoms with Crippen molar-refractivity contribution in [3.8, 4) is 0 Å². The van der Waals surface area contributed by atoms with Gasteiger partial charge in [-0.25, -0.2) is 0 Å². The molecular formula is C17H22N2O3S. The molecule has 0 N–H and O–H groups in total. The summed E-state index contributed by atoms with van der Waals surface area (Å²) in [5.41, 5.74) is 2.10.